The zero-order valence-corrected chi connectivity index (χ0v) is 13.1. The normalized spacial score (nSPS) is 12.1. The number of carbonyl (C=O) groups is 1. The minimum absolute atomic E-state index is 0.124. The van der Waals surface area contributed by atoms with Gasteiger partial charge in [0.1, 0.15) is 0 Å². The highest BCUT2D eigenvalue weighted by Gasteiger charge is 2.17. The monoisotopic (exact) mass is 310 g/mol. The number of benzene rings is 1. The highest BCUT2D eigenvalue weighted by molar-refractivity contribution is 5.92. The van der Waals surface area contributed by atoms with Crippen LogP contribution in [0.5, 0.6) is 5.75 Å². The van der Waals surface area contributed by atoms with Gasteiger partial charge in [-0.2, -0.15) is 5.10 Å². The first-order chi connectivity index (χ1) is 11.2. The second kappa shape index (κ2) is 6.48. The molecule has 0 spiro atoms. The third kappa shape index (κ3) is 3.15. The van der Waals surface area contributed by atoms with E-state index in [4.69, 9.17) is 4.74 Å². The van der Waals surface area contributed by atoms with E-state index in [1.54, 1.807) is 25.4 Å². The molecule has 1 amide bonds. The van der Waals surface area contributed by atoms with E-state index in [-0.39, 0.29) is 11.8 Å². The summed E-state index contributed by atoms with van der Waals surface area (Å²) in [7, 11) is 1.55. The molecule has 1 N–H and O–H groups in total. The SMILES string of the molecule is COc1cccnc1NC(=O)C(C)Cn1ncc2ccccc21. The van der Waals surface area contributed by atoms with Crippen LogP contribution in [0.15, 0.2) is 48.8 Å². The van der Waals surface area contributed by atoms with Crippen LogP contribution in [0.4, 0.5) is 5.82 Å². The van der Waals surface area contributed by atoms with E-state index in [1.807, 2.05) is 42.1 Å². The number of anilines is 1. The molecule has 1 atom stereocenters. The molecular formula is C17H18N4O2. The van der Waals surface area contributed by atoms with Crippen LogP contribution in [-0.2, 0) is 11.3 Å². The van der Waals surface area contributed by atoms with E-state index in [9.17, 15) is 4.79 Å². The molecule has 6 nitrogen and oxygen atoms in total. The minimum Gasteiger partial charge on any atom is -0.493 e. The Morgan fingerprint density at radius 2 is 2.13 bits per heavy atom. The van der Waals surface area contributed by atoms with Crippen molar-refractivity contribution >= 4 is 22.6 Å². The van der Waals surface area contributed by atoms with Gasteiger partial charge in [-0.15, -0.1) is 0 Å². The standard InChI is InChI=1S/C17H18N4O2/c1-12(11-21-14-7-4-3-6-13(14)10-19-21)17(22)20-16-15(23-2)8-5-9-18-16/h3-10,12H,11H2,1-2H3,(H,18,20,22). The number of rotatable bonds is 5. The van der Waals surface area contributed by atoms with E-state index < -0.39 is 0 Å². The minimum atomic E-state index is -0.259. The van der Waals surface area contributed by atoms with Gasteiger partial charge < -0.3 is 10.1 Å². The predicted molar refractivity (Wildman–Crippen MR) is 88.3 cm³/mol. The molecule has 6 heteroatoms. The van der Waals surface area contributed by atoms with Gasteiger partial charge >= 0.3 is 0 Å². The molecule has 0 fully saturated rings. The number of fused-ring (bicyclic) bond motifs is 1. The fourth-order valence-electron chi connectivity index (χ4n) is 2.40. The highest BCUT2D eigenvalue weighted by Crippen LogP contribution is 2.21. The molecule has 1 unspecified atom stereocenters. The summed E-state index contributed by atoms with van der Waals surface area (Å²) in [5.74, 6) is 0.585. The first kappa shape index (κ1) is 15.0. The molecule has 3 aromatic rings. The molecule has 1 aromatic carbocycles. The van der Waals surface area contributed by atoms with Gasteiger partial charge in [0.05, 0.1) is 31.3 Å². The maximum atomic E-state index is 12.4. The number of hydrogen-bond acceptors (Lipinski definition) is 4. The zero-order valence-electron chi connectivity index (χ0n) is 13.1. The lowest BCUT2D eigenvalue weighted by Crippen LogP contribution is -2.25. The van der Waals surface area contributed by atoms with Gasteiger partial charge in [-0.3, -0.25) is 9.48 Å². The average Bonchev–Trinajstić information content (AvgIpc) is 2.98. The van der Waals surface area contributed by atoms with E-state index in [1.165, 1.54) is 0 Å². The van der Waals surface area contributed by atoms with Gasteiger partial charge in [-0.05, 0) is 18.2 Å². The van der Waals surface area contributed by atoms with Gasteiger partial charge in [-0.25, -0.2) is 4.98 Å². The molecule has 2 heterocycles. The smallest absolute Gasteiger partial charge is 0.230 e. The van der Waals surface area contributed by atoms with Crippen molar-refractivity contribution in [3.63, 3.8) is 0 Å². The quantitative estimate of drug-likeness (QED) is 0.786. The number of nitrogens with one attached hydrogen (secondary N) is 1. The van der Waals surface area contributed by atoms with Gasteiger partial charge in [0.2, 0.25) is 5.91 Å². The van der Waals surface area contributed by atoms with Crippen molar-refractivity contribution in [3.05, 3.63) is 48.8 Å². The van der Waals surface area contributed by atoms with Crippen molar-refractivity contribution in [1.82, 2.24) is 14.8 Å². The van der Waals surface area contributed by atoms with Crippen molar-refractivity contribution in [2.75, 3.05) is 12.4 Å². The van der Waals surface area contributed by atoms with E-state index in [0.717, 1.165) is 10.9 Å². The Hall–Kier alpha value is -2.89. The summed E-state index contributed by atoms with van der Waals surface area (Å²) < 4.78 is 7.04. The third-order valence-electron chi connectivity index (χ3n) is 3.68. The van der Waals surface area contributed by atoms with Crippen LogP contribution in [-0.4, -0.2) is 27.8 Å². The number of ether oxygens (including phenoxy) is 1. The number of aromatic nitrogens is 3. The summed E-state index contributed by atoms with van der Waals surface area (Å²) in [5, 5.41) is 8.22. The molecule has 0 aliphatic heterocycles. The predicted octanol–water partition coefficient (Wildman–Crippen LogP) is 2.71. The lowest BCUT2D eigenvalue weighted by atomic mass is 10.1. The maximum absolute atomic E-state index is 12.4. The zero-order chi connectivity index (χ0) is 16.2. The average molecular weight is 310 g/mol. The fraction of sp³-hybridized carbons (Fsp3) is 0.235. The summed E-state index contributed by atoms with van der Waals surface area (Å²) in [6, 6.07) is 11.4. The fourth-order valence-corrected chi connectivity index (χ4v) is 2.40. The molecule has 0 aliphatic rings. The molecule has 0 bridgehead atoms. The Labute approximate surface area is 134 Å². The number of methoxy groups -OCH3 is 1. The molecule has 23 heavy (non-hydrogen) atoms. The number of carbonyl (C=O) groups excluding carboxylic acids is 1. The Kier molecular flexibility index (Phi) is 4.23. The molecule has 0 radical (unpaired) electrons. The molecular weight excluding hydrogens is 292 g/mol. The Morgan fingerprint density at radius 1 is 1.30 bits per heavy atom. The van der Waals surface area contributed by atoms with Crippen LogP contribution < -0.4 is 10.1 Å². The van der Waals surface area contributed by atoms with E-state index >= 15 is 0 Å². The number of para-hydroxylation sites is 1. The van der Waals surface area contributed by atoms with Gasteiger partial charge in [0, 0.05) is 11.6 Å². The van der Waals surface area contributed by atoms with Crippen molar-refractivity contribution in [2.45, 2.75) is 13.5 Å². The van der Waals surface area contributed by atoms with Gasteiger partial charge in [-0.1, -0.05) is 25.1 Å². The Morgan fingerprint density at radius 3 is 2.96 bits per heavy atom. The topological polar surface area (TPSA) is 69.0 Å². The number of nitrogens with zero attached hydrogens (tertiary/aromatic N) is 3. The first-order valence-electron chi connectivity index (χ1n) is 7.39. The molecule has 0 saturated carbocycles. The number of hydrogen-bond donors (Lipinski definition) is 1. The number of pyridine rings is 1. The Balaban J connectivity index is 1.73. The van der Waals surface area contributed by atoms with E-state index in [0.29, 0.717) is 18.1 Å². The van der Waals surface area contributed by atoms with E-state index in [2.05, 4.69) is 15.4 Å². The van der Waals surface area contributed by atoms with Crippen LogP contribution in [0.25, 0.3) is 10.9 Å². The lowest BCUT2D eigenvalue weighted by Gasteiger charge is -2.14. The third-order valence-corrected chi connectivity index (χ3v) is 3.68. The summed E-state index contributed by atoms with van der Waals surface area (Å²) in [4.78, 5) is 16.5. The molecule has 0 aliphatic carbocycles. The first-order valence-corrected chi connectivity index (χ1v) is 7.39. The van der Waals surface area contributed by atoms with Crippen LogP contribution in [0.2, 0.25) is 0 Å². The van der Waals surface area contributed by atoms with Crippen molar-refractivity contribution in [3.8, 4) is 5.75 Å². The molecule has 2 aromatic heterocycles. The van der Waals surface area contributed by atoms with Crippen molar-refractivity contribution in [1.29, 1.82) is 0 Å². The van der Waals surface area contributed by atoms with Crippen LogP contribution >= 0.6 is 0 Å². The summed E-state index contributed by atoms with van der Waals surface area (Å²) in [6.45, 7) is 2.36. The molecule has 0 saturated heterocycles. The number of amides is 1. The van der Waals surface area contributed by atoms with Crippen LogP contribution in [0, 0.1) is 5.92 Å². The maximum Gasteiger partial charge on any atom is 0.230 e. The van der Waals surface area contributed by atoms with Crippen molar-refractivity contribution < 1.29 is 9.53 Å². The summed E-state index contributed by atoms with van der Waals surface area (Å²) in [5.41, 5.74) is 1.02. The second-order valence-corrected chi connectivity index (χ2v) is 5.33. The second-order valence-electron chi connectivity index (χ2n) is 5.33. The largest absolute Gasteiger partial charge is 0.493 e. The van der Waals surface area contributed by atoms with Crippen molar-refractivity contribution in [2.24, 2.45) is 5.92 Å². The Bertz CT molecular complexity index is 828. The van der Waals surface area contributed by atoms with Crippen LogP contribution in [0.1, 0.15) is 6.92 Å². The summed E-state index contributed by atoms with van der Waals surface area (Å²) in [6.07, 6.45) is 3.42. The van der Waals surface area contributed by atoms with Crippen LogP contribution in [0.3, 0.4) is 0 Å². The molecule has 3 rings (SSSR count). The van der Waals surface area contributed by atoms with Gasteiger partial charge in [0.15, 0.2) is 11.6 Å². The lowest BCUT2D eigenvalue weighted by molar-refractivity contribution is -0.119. The van der Waals surface area contributed by atoms with Gasteiger partial charge in [0.25, 0.3) is 0 Å². The summed E-state index contributed by atoms with van der Waals surface area (Å²) >= 11 is 0. The highest BCUT2D eigenvalue weighted by atomic mass is 16.5. The molecule has 118 valence electrons.